The second-order valence-electron chi connectivity index (χ2n) is 17.4. The van der Waals surface area contributed by atoms with Crippen LogP contribution >= 0.6 is 0 Å². The standard InChI is InChI=1S/C44H73N11O13/c1-8-24(6)36(43(66)51-29(17-22(2)3)38(61)55-37(25(7)56)41(64)48-21-34(60)49-28(44(67)68)11-9-10-16-45)54-39(62)30(18-26-12-14-27(57)15-13-26)52-42(65)35(23(4)5)53-40(63)31(19-32(47)58)50-33(59)20-46/h12-15,22-25,28-31,35-37,56-57H,8-11,16-21,45-46H2,1-7H3,(H2,47,58)(H,48,64)(H,49,60)(H,50,59)(H,51,66)(H,52,65)(H,53,63)(H,54,62)(H,55,61)(H,67,68)/t24-,25+,28-,29-,30-,31-,35-,36-,37-/m0/s1. The number of carboxylic acid groups (broad SMARTS) is 1. The van der Waals surface area contributed by atoms with Crippen LogP contribution in [0.3, 0.4) is 0 Å². The first kappa shape index (κ1) is 59.6. The summed E-state index contributed by atoms with van der Waals surface area (Å²) in [6, 6.07) is -4.03. The molecule has 9 amide bonds. The van der Waals surface area contributed by atoms with Gasteiger partial charge < -0.3 is 75.1 Å². The number of nitrogens with one attached hydrogen (secondary N) is 8. The number of unbranched alkanes of at least 4 members (excludes halogenated alkanes) is 1. The van der Waals surface area contributed by atoms with Crippen LogP contribution in [0.1, 0.15) is 92.6 Å². The molecule has 0 heterocycles. The van der Waals surface area contributed by atoms with Crippen LogP contribution in [0, 0.1) is 17.8 Å². The molecule has 0 aliphatic heterocycles. The van der Waals surface area contributed by atoms with Crippen LogP contribution in [0.15, 0.2) is 24.3 Å². The zero-order valence-corrected chi connectivity index (χ0v) is 39.9. The van der Waals surface area contributed by atoms with Crippen molar-refractivity contribution in [2.75, 3.05) is 19.6 Å². The SMILES string of the molecule is CC[C@H](C)[C@H](NC(=O)[C@H](Cc1ccc(O)cc1)NC(=O)[C@@H](NC(=O)[C@H](CC(N)=O)NC(=O)CN)C(C)C)C(=O)N[C@@H](CC(C)C)C(=O)N[C@H](C(=O)NCC(=O)N[C@@H](CCCCN)C(=O)O)[C@@H](C)O. The molecule has 382 valence electrons. The maximum Gasteiger partial charge on any atom is 0.326 e. The Morgan fingerprint density at radius 2 is 1.15 bits per heavy atom. The summed E-state index contributed by atoms with van der Waals surface area (Å²) in [6.45, 7) is 10.5. The van der Waals surface area contributed by atoms with Crippen molar-refractivity contribution < 1.29 is 63.3 Å². The molecule has 1 rings (SSSR count). The second-order valence-corrected chi connectivity index (χ2v) is 17.4. The van der Waals surface area contributed by atoms with Gasteiger partial charge in [0.1, 0.15) is 48.0 Å². The van der Waals surface area contributed by atoms with Gasteiger partial charge in [-0.1, -0.05) is 60.1 Å². The first-order valence-electron chi connectivity index (χ1n) is 22.6. The number of aliphatic carboxylic acids is 1. The number of amides is 9. The highest BCUT2D eigenvalue weighted by atomic mass is 16.4. The molecule has 0 aliphatic carbocycles. The van der Waals surface area contributed by atoms with Gasteiger partial charge in [-0.3, -0.25) is 43.2 Å². The first-order valence-corrected chi connectivity index (χ1v) is 22.6. The number of primary amides is 1. The predicted molar refractivity (Wildman–Crippen MR) is 247 cm³/mol. The maximum atomic E-state index is 14.3. The molecule has 0 aromatic heterocycles. The lowest BCUT2D eigenvalue weighted by Crippen LogP contribution is -2.62. The van der Waals surface area contributed by atoms with Crippen LogP contribution in [0.5, 0.6) is 5.75 Å². The van der Waals surface area contributed by atoms with E-state index in [1.807, 2.05) is 0 Å². The van der Waals surface area contributed by atoms with Gasteiger partial charge in [0.25, 0.3) is 0 Å². The number of aliphatic hydroxyl groups excluding tert-OH is 1. The zero-order valence-electron chi connectivity index (χ0n) is 39.9. The van der Waals surface area contributed by atoms with Gasteiger partial charge in [-0.15, -0.1) is 0 Å². The number of rotatable bonds is 31. The minimum absolute atomic E-state index is 0.0219. The summed E-state index contributed by atoms with van der Waals surface area (Å²) in [4.78, 5) is 131. The molecular weight excluding hydrogens is 891 g/mol. The molecule has 1 aromatic carbocycles. The number of benzene rings is 1. The van der Waals surface area contributed by atoms with Crippen LogP contribution < -0.4 is 59.7 Å². The van der Waals surface area contributed by atoms with E-state index in [0.717, 1.165) is 0 Å². The number of aliphatic hydroxyl groups is 1. The quantitative estimate of drug-likeness (QED) is 0.0323. The number of carbonyl (C=O) groups excluding carboxylic acids is 9. The Balaban J connectivity index is 3.41. The highest BCUT2D eigenvalue weighted by molar-refractivity contribution is 5.98. The topological polar surface area (TPSA) is 406 Å². The molecule has 0 radical (unpaired) electrons. The molecule has 9 atom stereocenters. The minimum Gasteiger partial charge on any atom is -0.508 e. The van der Waals surface area contributed by atoms with E-state index in [-0.39, 0.29) is 30.9 Å². The Morgan fingerprint density at radius 1 is 0.618 bits per heavy atom. The average molecular weight is 964 g/mol. The second kappa shape index (κ2) is 30.1. The van der Waals surface area contributed by atoms with Crippen molar-refractivity contribution in [2.45, 2.75) is 142 Å². The molecule has 0 saturated carbocycles. The summed E-state index contributed by atoms with van der Waals surface area (Å²) in [7, 11) is 0. The fraction of sp³-hybridized carbons (Fsp3) is 0.636. The van der Waals surface area contributed by atoms with Gasteiger partial charge in [0.15, 0.2) is 0 Å². The monoisotopic (exact) mass is 964 g/mol. The molecule has 24 heteroatoms. The average Bonchev–Trinajstić information content (AvgIpc) is 3.26. The predicted octanol–water partition coefficient (Wildman–Crippen LogP) is -3.38. The van der Waals surface area contributed by atoms with Crippen LogP contribution in [0.25, 0.3) is 0 Å². The van der Waals surface area contributed by atoms with Crippen molar-refractivity contribution in [2.24, 2.45) is 35.0 Å². The van der Waals surface area contributed by atoms with Crippen molar-refractivity contribution >= 4 is 59.1 Å². The van der Waals surface area contributed by atoms with Crippen LogP contribution in [0.2, 0.25) is 0 Å². The summed E-state index contributed by atoms with van der Waals surface area (Å²) in [5.74, 6) is -10.6. The third-order valence-corrected chi connectivity index (χ3v) is 10.7. The third kappa shape index (κ3) is 21.5. The Hall–Kier alpha value is -6.40. The van der Waals surface area contributed by atoms with Gasteiger partial charge in [-0.2, -0.15) is 0 Å². The number of nitrogens with two attached hydrogens (primary N) is 3. The van der Waals surface area contributed by atoms with E-state index in [1.165, 1.54) is 31.2 Å². The molecule has 0 fully saturated rings. The van der Waals surface area contributed by atoms with Crippen LogP contribution in [0.4, 0.5) is 0 Å². The lowest BCUT2D eigenvalue weighted by Gasteiger charge is -2.30. The van der Waals surface area contributed by atoms with E-state index in [1.54, 1.807) is 41.5 Å². The normalized spacial score (nSPS) is 15.1. The number of hydrogen-bond acceptors (Lipinski definition) is 14. The van der Waals surface area contributed by atoms with Gasteiger partial charge >= 0.3 is 5.97 Å². The van der Waals surface area contributed by atoms with E-state index in [2.05, 4.69) is 42.5 Å². The van der Waals surface area contributed by atoms with Crippen LogP contribution in [-0.2, 0) is 54.4 Å². The maximum absolute atomic E-state index is 14.3. The van der Waals surface area contributed by atoms with E-state index in [4.69, 9.17) is 17.2 Å². The molecule has 1 aromatic rings. The molecular formula is C44H73N11O13. The largest absolute Gasteiger partial charge is 0.508 e. The van der Waals surface area contributed by atoms with Gasteiger partial charge in [-0.25, -0.2) is 4.79 Å². The molecule has 0 unspecified atom stereocenters. The molecule has 0 bridgehead atoms. The lowest BCUT2D eigenvalue weighted by molar-refractivity contribution is -0.142. The summed E-state index contributed by atoms with van der Waals surface area (Å²) >= 11 is 0. The molecule has 0 spiro atoms. The highest BCUT2D eigenvalue weighted by Gasteiger charge is 2.37. The Morgan fingerprint density at radius 3 is 1.66 bits per heavy atom. The highest BCUT2D eigenvalue weighted by Crippen LogP contribution is 2.15. The number of hydrogen-bond donors (Lipinski definition) is 14. The van der Waals surface area contributed by atoms with Crippen molar-refractivity contribution in [3.05, 3.63) is 29.8 Å². The smallest absolute Gasteiger partial charge is 0.326 e. The number of aromatic hydroxyl groups is 1. The van der Waals surface area contributed by atoms with Crippen molar-refractivity contribution in [3.63, 3.8) is 0 Å². The lowest BCUT2D eigenvalue weighted by atomic mass is 9.95. The number of phenolic OH excluding ortho intramolecular Hbond substituents is 1. The summed E-state index contributed by atoms with van der Waals surface area (Å²) < 4.78 is 0. The Bertz CT molecular complexity index is 1880. The first-order chi connectivity index (χ1) is 31.8. The van der Waals surface area contributed by atoms with Crippen LogP contribution in [-0.4, -0.2) is 142 Å². The molecule has 68 heavy (non-hydrogen) atoms. The van der Waals surface area contributed by atoms with Crippen molar-refractivity contribution in [1.29, 1.82) is 0 Å². The molecule has 0 saturated heterocycles. The van der Waals surface area contributed by atoms with E-state index in [9.17, 15) is 63.3 Å². The van der Waals surface area contributed by atoms with Gasteiger partial charge in [-0.05, 0) is 74.6 Å². The Labute approximate surface area is 396 Å². The van der Waals surface area contributed by atoms with E-state index < -0.39 is 139 Å². The molecule has 17 N–H and O–H groups in total. The van der Waals surface area contributed by atoms with Gasteiger partial charge in [0.05, 0.1) is 25.6 Å². The minimum atomic E-state index is -1.63. The third-order valence-electron chi connectivity index (χ3n) is 10.7. The Kier molecular flexibility index (Phi) is 26.4. The molecule has 0 aliphatic rings. The number of carboxylic acids is 1. The van der Waals surface area contributed by atoms with Gasteiger partial charge in [0, 0.05) is 6.42 Å². The summed E-state index contributed by atoms with van der Waals surface area (Å²) in [6.07, 6.45) is -0.879. The number of carbonyl (C=O) groups is 10. The van der Waals surface area contributed by atoms with Crippen molar-refractivity contribution in [1.82, 2.24) is 42.5 Å². The summed E-state index contributed by atoms with van der Waals surface area (Å²) in [5.41, 5.74) is 16.6. The van der Waals surface area contributed by atoms with Gasteiger partial charge in [0.2, 0.25) is 53.2 Å². The zero-order chi connectivity index (χ0) is 51.8. The van der Waals surface area contributed by atoms with Crippen molar-refractivity contribution in [3.8, 4) is 5.75 Å². The summed E-state index contributed by atoms with van der Waals surface area (Å²) in [5, 5.41) is 49.6. The molecule has 24 nitrogen and oxygen atoms in total. The fourth-order valence-corrected chi connectivity index (χ4v) is 6.64. The van der Waals surface area contributed by atoms with E-state index >= 15 is 0 Å². The van der Waals surface area contributed by atoms with E-state index in [0.29, 0.717) is 31.4 Å². The number of phenols is 1. The fourth-order valence-electron chi connectivity index (χ4n) is 6.64.